The van der Waals surface area contributed by atoms with Crippen LogP contribution in [0.3, 0.4) is 0 Å². The minimum atomic E-state index is 0.581. The molecule has 0 amide bonds. The third kappa shape index (κ3) is 3.37. The number of nitrogens with one attached hydrogen (secondary N) is 1. The van der Waals surface area contributed by atoms with E-state index in [1.807, 2.05) is 11.7 Å². The molecule has 0 aliphatic heterocycles. The van der Waals surface area contributed by atoms with Crippen molar-refractivity contribution in [1.82, 2.24) is 24.2 Å². The number of hydrogen-bond donors (Lipinski definition) is 1. The molecule has 2 aromatic rings. The van der Waals surface area contributed by atoms with Crippen molar-refractivity contribution < 1.29 is 0 Å². The Hall–Kier alpha value is -1.14. The smallest absolute Gasteiger partial charge is 0.179 e. The molecule has 2 heterocycles. The van der Waals surface area contributed by atoms with E-state index in [1.165, 1.54) is 0 Å². The average molecular weight is 309 g/mol. The third-order valence-corrected chi connectivity index (χ3v) is 4.41. The lowest BCUT2D eigenvalue weighted by molar-refractivity contribution is 0.265. The Labute approximate surface area is 131 Å². The van der Waals surface area contributed by atoms with Crippen molar-refractivity contribution >= 4 is 23.4 Å². The molecule has 6 heteroatoms. The number of H-pyrrole nitrogens is 1. The number of aromatic amines is 1. The van der Waals surface area contributed by atoms with E-state index < -0.39 is 0 Å². The van der Waals surface area contributed by atoms with Gasteiger partial charge in [-0.15, -0.1) is 0 Å². The molecular weight excluding hydrogens is 282 g/mol. The normalized spacial score (nSPS) is 12.1. The van der Waals surface area contributed by atoms with E-state index in [0.717, 1.165) is 54.0 Å². The molecule has 0 aliphatic carbocycles. The summed E-state index contributed by atoms with van der Waals surface area (Å²) >= 11 is 5.49. The first-order valence-corrected chi connectivity index (χ1v) is 8.21. The maximum atomic E-state index is 5.49. The Bertz CT molecular complexity index is 649. The van der Waals surface area contributed by atoms with Crippen molar-refractivity contribution in [3.05, 3.63) is 10.5 Å². The van der Waals surface area contributed by atoms with E-state index >= 15 is 0 Å². The highest BCUT2D eigenvalue weighted by Crippen LogP contribution is 2.19. The van der Waals surface area contributed by atoms with Gasteiger partial charge in [0, 0.05) is 19.6 Å². The van der Waals surface area contributed by atoms with Crippen LogP contribution in [0, 0.1) is 4.77 Å². The lowest BCUT2D eigenvalue weighted by atomic mass is 10.2. The first-order chi connectivity index (χ1) is 9.95. The van der Waals surface area contributed by atoms with Gasteiger partial charge in [-0.05, 0) is 52.5 Å². The van der Waals surface area contributed by atoms with Crippen LogP contribution in [0.25, 0.3) is 11.2 Å². The van der Waals surface area contributed by atoms with Gasteiger partial charge in [0.25, 0.3) is 0 Å². The number of nitrogens with zero attached hydrogens (tertiary/aromatic N) is 4. The van der Waals surface area contributed by atoms with Gasteiger partial charge in [0.15, 0.2) is 10.4 Å². The van der Waals surface area contributed by atoms with Gasteiger partial charge in [0.1, 0.15) is 5.52 Å². The van der Waals surface area contributed by atoms with E-state index in [4.69, 9.17) is 12.2 Å². The number of hydrogen-bond acceptors (Lipinski definition) is 3. The van der Waals surface area contributed by atoms with Gasteiger partial charge in [0.05, 0.1) is 5.69 Å². The highest BCUT2D eigenvalue weighted by Gasteiger charge is 2.14. The minimum absolute atomic E-state index is 0.581. The van der Waals surface area contributed by atoms with Gasteiger partial charge in [0.2, 0.25) is 0 Å². The molecule has 0 saturated carbocycles. The van der Waals surface area contributed by atoms with Crippen molar-refractivity contribution in [2.75, 3.05) is 13.6 Å². The largest absolute Gasteiger partial charge is 0.328 e. The van der Waals surface area contributed by atoms with Gasteiger partial charge in [-0.2, -0.15) is 5.10 Å². The molecule has 0 atom stereocenters. The topological polar surface area (TPSA) is 41.8 Å². The number of aromatic nitrogens is 4. The molecule has 21 heavy (non-hydrogen) atoms. The Morgan fingerprint density at radius 1 is 1.38 bits per heavy atom. The van der Waals surface area contributed by atoms with Gasteiger partial charge >= 0.3 is 0 Å². The fourth-order valence-electron chi connectivity index (χ4n) is 2.63. The third-order valence-electron chi connectivity index (χ3n) is 4.08. The summed E-state index contributed by atoms with van der Waals surface area (Å²) in [6.07, 6.45) is 3.17. The molecule has 5 nitrogen and oxygen atoms in total. The second-order valence-corrected chi connectivity index (χ2v) is 6.42. The Balaban J connectivity index is 2.20. The van der Waals surface area contributed by atoms with Crippen molar-refractivity contribution in [3.63, 3.8) is 0 Å². The highest BCUT2D eigenvalue weighted by atomic mass is 32.1. The lowest BCUT2D eigenvalue weighted by Crippen LogP contribution is -2.28. The number of rotatable bonds is 7. The van der Waals surface area contributed by atoms with E-state index in [-0.39, 0.29) is 0 Å². The van der Waals surface area contributed by atoms with E-state index in [2.05, 4.69) is 47.4 Å². The quantitative estimate of drug-likeness (QED) is 0.799. The van der Waals surface area contributed by atoms with Gasteiger partial charge < -0.3 is 14.5 Å². The number of aryl methyl sites for hydroxylation is 3. The molecule has 0 fully saturated rings. The molecule has 2 aromatic heterocycles. The predicted molar refractivity (Wildman–Crippen MR) is 90.3 cm³/mol. The second kappa shape index (κ2) is 6.75. The Kier molecular flexibility index (Phi) is 5.22. The monoisotopic (exact) mass is 309 g/mol. The Morgan fingerprint density at radius 3 is 2.71 bits per heavy atom. The van der Waals surface area contributed by atoms with Crippen LogP contribution in [0.5, 0.6) is 0 Å². The fourth-order valence-corrected chi connectivity index (χ4v) is 2.91. The Morgan fingerprint density at radius 2 is 2.10 bits per heavy atom. The zero-order valence-electron chi connectivity index (χ0n) is 13.8. The standard InChI is InChI=1S/C15H27N5S/c1-6-8-12-13-14(19(5)17-12)20(15(21)16-13)10-7-9-18(4)11(2)3/h11H,6-10H2,1-5H3,(H,16,21). The maximum Gasteiger partial charge on any atom is 0.179 e. The molecule has 0 saturated heterocycles. The minimum Gasteiger partial charge on any atom is -0.328 e. The summed E-state index contributed by atoms with van der Waals surface area (Å²) in [5.41, 5.74) is 3.36. The number of fused-ring (bicyclic) bond motifs is 1. The summed E-state index contributed by atoms with van der Waals surface area (Å²) in [6, 6.07) is 0.581. The van der Waals surface area contributed by atoms with Crippen molar-refractivity contribution in [2.45, 2.75) is 52.6 Å². The highest BCUT2D eigenvalue weighted by molar-refractivity contribution is 7.71. The first kappa shape index (κ1) is 16.2. The summed E-state index contributed by atoms with van der Waals surface area (Å²) < 4.78 is 4.95. The maximum absolute atomic E-state index is 5.49. The fraction of sp³-hybridized carbons (Fsp3) is 0.733. The summed E-state index contributed by atoms with van der Waals surface area (Å²) in [6.45, 7) is 8.62. The van der Waals surface area contributed by atoms with Crippen LogP contribution in [-0.2, 0) is 20.0 Å². The van der Waals surface area contributed by atoms with Gasteiger partial charge in [-0.1, -0.05) is 13.3 Å². The molecule has 1 N–H and O–H groups in total. The molecule has 2 rings (SSSR count). The zero-order chi connectivity index (χ0) is 15.6. The van der Waals surface area contributed by atoms with Crippen molar-refractivity contribution in [3.8, 4) is 0 Å². The van der Waals surface area contributed by atoms with Crippen LogP contribution in [0.1, 0.15) is 39.3 Å². The van der Waals surface area contributed by atoms with Crippen LogP contribution in [-0.4, -0.2) is 43.9 Å². The summed E-state index contributed by atoms with van der Waals surface area (Å²) in [5.74, 6) is 0. The second-order valence-electron chi connectivity index (χ2n) is 6.03. The molecule has 118 valence electrons. The van der Waals surface area contributed by atoms with Crippen LogP contribution >= 0.6 is 12.2 Å². The predicted octanol–water partition coefficient (Wildman–Crippen LogP) is 3.12. The molecule has 0 bridgehead atoms. The van der Waals surface area contributed by atoms with Gasteiger partial charge in [-0.25, -0.2) is 0 Å². The first-order valence-electron chi connectivity index (χ1n) is 7.80. The summed E-state index contributed by atoms with van der Waals surface area (Å²) in [7, 11) is 4.17. The number of imidazole rings is 1. The van der Waals surface area contributed by atoms with Crippen molar-refractivity contribution in [1.29, 1.82) is 0 Å². The molecule has 0 radical (unpaired) electrons. The van der Waals surface area contributed by atoms with Crippen molar-refractivity contribution in [2.24, 2.45) is 7.05 Å². The van der Waals surface area contributed by atoms with Crippen LogP contribution in [0.15, 0.2) is 0 Å². The summed E-state index contributed by atoms with van der Waals surface area (Å²) in [4.78, 5) is 5.70. The van der Waals surface area contributed by atoms with Crippen LogP contribution < -0.4 is 0 Å². The van der Waals surface area contributed by atoms with E-state index in [9.17, 15) is 0 Å². The molecule has 0 spiro atoms. The summed E-state index contributed by atoms with van der Waals surface area (Å²) in [5, 5.41) is 4.62. The van der Waals surface area contributed by atoms with Crippen LogP contribution in [0.4, 0.5) is 0 Å². The zero-order valence-corrected chi connectivity index (χ0v) is 14.6. The molecule has 0 unspecified atom stereocenters. The lowest BCUT2D eigenvalue weighted by Gasteiger charge is -2.20. The SMILES string of the molecule is CCCc1nn(C)c2c1[nH]c(=S)n2CCCN(C)C(C)C. The van der Waals surface area contributed by atoms with Crippen LogP contribution in [0.2, 0.25) is 0 Å². The average Bonchev–Trinajstić information content (AvgIpc) is 2.89. The molecule has 0 aliphatic rings. The molecular formula is C15H27N5S. The van der Waals surface area contributed by atoms with E-state index in [1.54, 1.807) is 0 Å². The molecule has 0 aromatic carbocycles. The van der Waals surface area contributed by atoms with Gasteiger partial charge in [-0.3, -0.25) is 4.68 Å². The van der Waals surface area contributed by atoms with E-state index in [0.29, 0.717) is 6.04 Å².